The smallest absolute Gasteiger partial charge is 0.153 e. The Bertz CT molecular complexity index is 907. The fourth-order valence-electron chi connectivity index (χ4n) is 3.21. The van der Waals surface area contributed by atoms with E-state index in [0.717, 1.165) is 23.3 Å². The molecule has 1 aromatic heterocycles. The van der Waals surface area contributed by atoms with Crippen molar-refractivity contribution < 1.29 is 19.1 Å². The van der Waals surface area contributed by atoms with Gasteiger partial charge in [-0.05, 0) is 42.0 Å². The second-order valence-corrected chi connectivity index (χ2v) is 7.43. The third-order valence-corrected chi connectivity index (χ3v) is 4.76. The number of furan rings is 1. The van der Waals surface area contributed by atoms with Crippen LogP contribution in [0.5, 0.6) is 5.75 Å². The molecular weight excluding hydrogens is 380 g/mol. The Hall–Kier alpha value is -3.09. The molecule has 3 aromatic rings. The predicted molar refractivity (Wildman–Crippen MR) is 117 cm³/mol. The van der Waals surface area contributed by atoms with Crippen LogP contribution < -0.4 is 9.64 Å². The lowest BCUT2D eigenvalue weighted by Gasteiger charge is -2.25. The van der Waals surface area contributed by atoms with Crippen LogP contribution in [0.3, 0.4) is 0 Å². The van der Waals surface area contributed by atoms with E-state index >= 15 is 0 Å². The van der Waals surface area contributed by atoms with Crippen molar-refractivity contribution in [1.82, 2.24) is 4.90 Å². The number of carbonyl (C=O) groups excluding carboxylic acids is 1. The highest BCUT2D eigenvalue weighted by Gasteiger charge is 2.16. The number of ether oxygens (including phenoxy) is 1. The molecule has 6 heteroatoms. The number of aliphatic hydroxyl groups is 1. The third-order valence-electron chi connectivity index (χ3n) is 4.76. The average Bonchev–Trinajstić information content (AvgIpc) is 3.26. The second kappa shape index (κ2) is 10.6. The van der Waals surface area contributed by atoms with Gasteiger partial charge in [0, 0.05) is 32.9 Å². The summed E-state index contributed by atoms with van der Waals surface area (Å²) in [6.45, 7) is 1.74. The highest BCUT2D eigenvalue weighted by Crippen LogP contribution is 2.18. The van der Waals surface area contributed by atoms with Gasteiger partial charge in [0.05, 0.1) is 18.4 Å². The number of carbonyl (C=O) groups is 1. The molecule has 0 spiro atoms. The quantitative estimate of drug-likeness (QED) is 0.489. The number of aldehydes is 1. The number of aliphatic hydroxyl groups excluding tert-OH is 1. The van der Waals surface area contributed by atoms with E-state index in [1.807, 2.05) is 26.2 Å². The Kier molecular flexibility index (Phi) is 7.65. The predicted octanol–water partition coefficient (Wildman–Crippen LogP) is 3.60. The first-order valence-corrected chi connectivity index (χ1v) is 9.91. The summed E-state index contributed by atoms with van der Waals surface area (Å²) in [5.41, 5.74) is 2.75. The van der Waals surface area contributed by atoms with Crippen molar-refractivity contribution in [3.8, 4) is 5.75 Å². The van der Waals surface area contributed by atoms with Crippen molar-refractivity contribution in [3.63, 3.8) is 0 Å². The Morgan fingerprint density at radius 2 is 1.80 bits per heavy atom. The van der Waals surface area contributed by atoms with Gasteiger partial charge in [0.15, 0.2) is 6.29 Å². The molecule has 1 unspecified atom stereocenters. The van der Waals surface area contributed by atoms with Crippen LogP contribution in [0.4, 0.5) is 5.69 Å². The maximum Gasteiger partial charge on any atom is 0.153 e. The first-order chi connectivity index (χ1) is 14.5. The summed E-state index contributed by atoms with van der Waals surface area (Å²) < 4.78 is 11.2. The number of hydrogen-bond donors (Lipinski definition) is 1. The van der Waals surface area contributed by atoms with Crippen LogP contribution in [0.25, 0.3) is 0 Å². The molecule has 1 heterocycles. The zero-order chi connectivity index (χ0) is 21.3. The monoisotopic (exact) mass is 408 g/mol. The second-order valence-electron chi connectivity index (χ2n) is 7.43. The molecule has 0 bridgehead atoms. The number of nitrogens with zero attached hydrogens (tertiary/aromatic N) is 2. The maximum atomic E-state index is 11.1. The topological polar surface area (TPSA) is 66.2 Å². The lowest BCUT2D eigenvalue weighted by atomic mass is 10.1. The molecule has 0 aliphatic rings. The molecular formula is C24H28N2O4. The van der Waals surface area contributed by atoms with E-state index in [1.54, 1.807) is 30.5 Å². The van der Waals surface area contributed by atoms with Gasteiger partial charge >= 0.3 is 0 Å². The minimum absolute atomic E-state index is 0.0963. The van der Waals surface area contributed by atoms with Gasteiger partial charge in [0.25, 0.3) is 0 Å². The summed E-state index contributed by atoms with van der Waals surface area (Å²) in [6.07, 6.45) is 1.68. The summed E-state index contributed by atoms with van der Waals surface area (Å²) in [4.78, 5) is 15.3. The van der Waals surface area contributed by atoms with Crippen molar-refractivity contribution in [1.29, 1.82) is 0 Å². The molecule has 1 atom stereocenters. The van der Waals surface area contributed by atoms with Crippen LogP contribution in [0.15, 0.2) is 71.3 Å². The van der Waals surface area contributed by atoms with Crippen molar-refractivity contribution in [2.45, 2.75) is 19.2 Å². The molecule has 158 valence electrons. The van der Waals surface area contributed by atoms with E-state index in [9.17, 15) is 9.90 Å². The van der Waals surface area contributed by atoms with E-state index in [-0.39, 0.29) is 6.61 Å². The van der Waals surface area contributed by atoms with Crippen LogP contribution >= 0.6 is 0 Å². The van der Waals surface area contributed by atoms with E-state index in [1.165, 1.54) is 0 Å². The Morgan fingerprint density at radius 3 is 2.47 bits per heavy atom. The molecule has 1 N–H and O–H groups in total. The van der Waals surface area contributed by atoms with Crippen molar-refractivity contribution >= 4 is 12.0 Å². The number of hydrogen-bond acceptors (Lipinski definition) is 6. The number of benzene rings is 2. The number of anilines is 1. The summed E-state index contributed by atoms with van der Waals surface area (Å²) in [5, 5.41) is 10.6. The average molecular weight is 408 g/mol. The fraction of sp³-hybridized carbons (Fsp3) is 0.292. The number of rotatable bonds is 11. The molecule has 6 nitrogen and oxygen atoms in total. The fourth-order valence-corrected chi connectivity index (χ4v) is 3.21. The SMILES string of the molecule is CN(C)c1ccc(CN(Cc2ccco2)CC(O)COc2ccccc2C=O)cc1. The molecule has 0 saturated carbocycles. The van der Waals surface area contributed by atoms with Gasteiger partial charge in [-0.25, -0.2) is 0 Å². The standard InChI is InChI=1S/C24H28N2O4/c1-25(2)21-11-9-19(10-12-21)14-26(16-23-7-5-13-29-23)15-22(28)18-30-24-8-4-3-6-20(24)17-27/h3-13,17,22,28H,14-16,18H2,1-2H3. The van der Waals surface area contributed by atoms with Crippen LogP contribution in [0.2, 0.25) is 0 Å². The molecule has 0 fully saturated rings. The molecule has 0 radical (unpaired) electrons. The summed E-state index contributed by atoms with van der Waals surface area (Å²) in [7, 11) is 4.02. The van der Waals surface area contributed by atoms with E-state index in [2.05, 4.69) is 34.1 Å². The van der Waals surface area contributed by atoms with Gasteiger partial charge in [-0.1, -0.05) is 24.3 Å². The maximum absolute atomic E-state index is 11.1. The van der Waals surface area contributed by atoms with Crippen molar-refractivity contribution in [2.75, 3.05) is 32.1 Å². The lowest BCUT2D eigenvalue weighted by molar-refractivity contribution is 0.0601. The molecule has 3 rings (SSSR count). The normalized spacial score (nSPS) is 12.0. The van der Waals surface area contributed by atoms with E-state index < -0.39 is 6.10 Å². The first-order valence-electron chi connectivity index (χ1n) is 9.91. The van der Waals surface area contributed by atoms with Crippen molar-refractivity contribution in [3.05, 3.63) is 83.8 Å². The Morgan fingerprint density at radius 1 is 1.03 bits per heavy atom. The Labute approximate surface area is 177 Å². The van der Waals surface area contributed by atoms with Gasteiger partial charge in [-0.2, -0.15) is 0 Å². The highest BCUT2D eigenvalue weighted by molar-refractivity contribution is 5.79. The van der Waals surface area contributed by atoms with Crippen molar-refractivity contribution in [2.24, 2.45) is 0 Å². The number of para-hydroxylation sites is 1. The lowest BCUT2D eigenvalue weighted by Crippen LogP contribution is -2.35. The molecule has 0 saturated heterocycles. The van der Waals surface area contributed by atoms with Gasteiger partial charge in [0.2, 0.25) is 0 Å². The molecule has 0 aliphatic heterocycles. The molecule has 30 heavy (non-hydrogen) atoms. The third kappa shape index (κ3) is 6.20. The van der Waals surface area contributed by atoms with E-state index in [4.69, 9.17) is 9.15 Å². The molecule has 0 aliphatic carbocycles. The summed E-state index contributed by atoms with van der Waals surface area (Å²) in [5.74, 6) is 1.31. The van der Waals surface area contributed by atoms with Gasteiger partial charge in [-0.15, -0.1) is 0 Å². The minimum Gasteiger partial charge on any atom is -0.490 e. The molecule has 2 aromatic carbocycles. The van der Waals surface area contributed by atoms with Gasteiger partial charge in [0.1, 0.15) is 24.2 Å². The highest BCUT2D eigenvalue weighted by atomic mass is 16.5. The van der Waals surface area contributed by atoms with Crippen LogP contribution in [0, 0.1) is 0 Å². The van der Waals surface area contributed by atoms with Gasteiger partial charge in [-0.3, -0.25) is 9.69 Å². The zero-order valence-corrected chi connectivity index (χ0v) is 17.4. The zero-order valence-electron chi connectivity index (χ0n) is 17.4. The summed E-state index contributed by atoms with van der Waals surface area (Å²) in [6, 6.07) is 19.1. The summed E-state index contributed by atoms with van der Waals surface area (Å²) >= 11 is 0. The largest absolute Gasteiger partial charge is 0.490 e. The Balaban J connectivity index is 1.63. The van der Waals surface area contributed by atoms with Gasteiger partial charge < -0.3 is 19.2 Å². The molecule has 0 amide bonds. The first kappa shape index (κ1) is 21.6. The van der Waals surface area contributed by atoms with Crippen LogP contribution in [-0.2, 0) is 13.1 Å². The minimum atomic E-state index is -0.722. The van der Waals surface area contributed by atoms with E-state index in [0.29, 0.717) is 30.9 Å². The van der Waals surface area contributed by atoms with Crippen LogP contribution in [0.1, 0.15) is 21.7 Å². The van der Waals surface area contributed by atoms with Crippen LogP contribution in [-0.4, -0.2) is 49.6 Å².